The number of pyridine rings is 1. The minimum atomic E-state index is -0.416. The predicted octanol–water partition coefficient (Wildman–Crippen LogP) is -0.513. The minimum absolute atomic E-state index is 0.0341. The van der Waals surface area contributed by atoms with Crippen LogP contribution in [0, 0.1) is 5.92 Å². The second kappa shape index (κ2) is 5.69. The zero-order valence-electron chi connectivity index (χ0n) is 9.30. The zero-order valence-corrected chi connectivity index (χ0v) is 9.30. The van der Waals surface area contributed by atoms with Crippen LogP contribution < -0.4 is 16.6 Å². The third-order valence-corrected chi connectivity index (χ3v) is 2.20. The van der Waals surface area contributed by atoms with Gasteiger partial charge in [0.2, 0.25) is 5.56 Å². The van der Waals surface area contributed by atoms with Gasteiger partial charge in [0.05, 0.1) is 0 Å². The molecule has 0 aliphatic rings. The number of oxime groups is 1. The van der Waals surface area contributed by atoms with Crippen LogP contribution in [0.3, 0.4) is 0 Å². The van der Waals surface area contributed by atoms with Gasteiger partial charge in [0.25, 0.3) is 5.91 Å². The molecule has 1 unspecified atom stereocenters. The topological polar surface area (TPSA) is 121 Å². The normalized spacial score (nSPS) is 13.1. The highest BCUT2D eigenvalue weighted by Crippen LogP contribution is 1.94. The molecule has 17 heavy (non-hydrogen) atoms. The number of carbonyl (C=O) groups excluding carboxylic acids is 1. The summed E-state index contributed by atoms with van der Waals surface area (Å²) in [7, 11) is 0. The average molecular weight is 238 g/mol. The van der Waals surface area contributed by atoms with Gasteiger partial charge >= 0.3 is 0 Å². The number of nitrogens with two attached hydrogens (primary N) is 1. The summed E-state index contributed by atoms with van der Waals surface area (Å²) in [4.78, 5) is 25.0. The quantitative estimate of drug-likeness (QED) is 0.244. The molecule has 0 aromatic carbocycles. The Bertz CT molecular complexity index is 480. The second-order valence-corrected chi connectivity index (χ2v) is 3.56. The SMILES string of the molecule is CC(CNC(=O)c1cccc(=O)[nH]1)/C(N)=N/O. The molecule has 0 saturated carbocycles. The van der Waals surface area contributed by atoms with Crippen LogP contribution in [0.5, 0.6) is 0 Å². The van der Waals surface area contributed by atoms with Gasteiger partial charge in [0.1, 0.15) is 11.5 Å². The third kappa shape index (κ3) is 3.63. The Kier molecular flexibility index (Phi) is 4.27. The van der Waals surface area contributed by atoms with Gasteiger partial charge in [-0.1, -0.05) is 18.1 Å². The maximum absolute atomic E-state index is 11.6. The van der Waals surface area contributed by atoms with E-state index in [0.717, 1.165) is 0 Å². The lowest BCUT2D eigenvalue weighted by atomic mass is 10.1. The first kappa shape index (κ1) is 12.8. The van der Waals surface area contributed by atoms with Crippen molar-refractivity contribution >= 4 is 11.7 Å². The van der Waals surface area contributed by atoms with Crippen LogP contribution in [0.4, 0.5) is 0 Å². The van der Waals surface area contributed by atoms with E-state index in [4.69, 9.17) is 10.9 Å². The summed E-state index contributed by atoms with van der Waals surface area (Å²) in [6.07, 6.45) is 0. The Balaban J connectivity index is 2.59. The molecule has 1 atom stereocenters. The lowest BCUT2D eigenvalue weighted by Crippen LogP contribution is -2.35. The van der Waals surface area contributed by atoms with Gasteiger partial charge in [-0.15, -0.1) is 0 Å². The molecule has 0 bridgehead atoms. The number of H-pyrrole nitrogens is 1. The average Bonchev–Trinajstić information content (AvgIpc) is 2.34. The molecule has 0 radical (unpaired) electrons. The Morgan fingerprint density at radius 1 is 1.65 bits per heavy atom. The molecule has 0 fully saturated rings. The fraction of sp³-hybridized carbons (Fsp3) is 0.300. The molecule has 7 heteroatoms. The molecular formula is C10H14N4O3. The molecule has 1 aromatic heterocycles. The molecule has 0 saturated heterocycles. The van der Waals surface area contributed by atoms with Crippen molar-refractivity contribution in [2.24, 2.45) is 16.8 Å². The van der Waals surface area contributed by atoms with E-state index in [1.807, 2.05) is 0 Å². The van der Waals surface area contributed by atoms with E-state index in [-0.39, 0.29) is 29.6 Å². The van der Waals surface area contributed by atoms with Gasteiger partial charge in [-0.2, -0.15) is 0 Å². The second-order valence-electron chi connectivity index (χ2n) is 3.56. The monoisotopic (exact) mass is 238 g/mol. The largest absolute Gasteiger partial charge is 0.409 e. The lowest BCUT2D eigenvalue weighted by molar-refractivity contribution is 0.0946. The molecule has 1 aromatic rings. The zero-order chi connectivity index (χ0) is 12.8. The molecule has 7 nitrogen and oxygen atoms in total. The molecule has 1 amide bonds. The Hall–Kier alpha value is -2.31. The fourth-order valence-corrected chi connectivity index (χ4v) is 1.12. The van der Waals surface area contributed by atoms with Crippen LogP contribution in [-0.4, -0.2) is 28.5 Å². The van der Waals surface area contributed by atoms with Crippen molar-refractivity contribution in [3.63, 3.8) is 0 Å². The van der Waals surface area contributed by atoms with Crippen LogP contribution in [0.25, 0.3) is 0 Å². The summed E-state index contributed by atoms with van der Waals surface area (Å²) in [5, 5.41) is 13.8. The number of rotatable bonds is 4. The summed E-state index contributed by atoms with van der Waals surface area (Å²) in [6, 6.07) is 4.29. The maximum Gasteiger partial charge on any atom is 0.267 e. The first-order chi connectivity index (χ1) is 8.04. The third-order valence-electron chi connectivity index (χ3n) is 2.20. The Morgan fingerprint density at radius 2 is 2.35 bits per heavy atom. The van der Waals surface area contributed by atoms with Gasteiger partial charge in [-0.05, 0) is 6.07 Å². The highest BCUT2D eigenvalue weighted by atomic mass is 16.4. The van der Waals surface area contributed by atoms with E-state index in [9.17, 15) is 9.59 Å². The molecular weight excluding hydrogens is 224 g/mol. The molecule has 1 heterocycles. The summed E-state index contributed by atoms with van der Waals surface area (Å²) < 4.78 is 0. The number of aromatic nitrogens is 1. The van der Waals surface area contributed by atoms with Gasteiger partial charge < -0.3 is 21.2 Å². The van der Waals surface area contributed by atoms with E-state index < -0.39 is 5.91 Å². The van der Waals surface area contributed by atoms with Crippen LogP contribution in [-0.2, 0) is 0 Å². The van der Waals surface area contributed by atoms with Gasteiger partial charge in [-0.25, -0.2) is 0 Å². The summed E-state index contributed by atoms with van der Waals surface area (Å²) >= 11 is 0. The van der Waals surface area contributed by atoms with Gasteiger partial charge in [0.15, 0.2) is 0 Å². The molecule has 1 rings (SSSR count). The van der Waals surface area contributed by atoms with E-state index in [1.54, 1.807) is 6.92 Å². The maximum atomic E-state index is 11.6. The summed E-state index contributed by atoms with van der Waals surface area (Å²) in [5.74, 6) is -0.675. The summed E-state index contributed by atoms with van der Waals surface area (Å²) in [6.45, 7) is 1.91. The minimum Gasteiger partial charge on any atom is -0.409 e. The molecule has 92 valence electrons. The van der Waals surface area contributed by atoms with Crippen molar-refractivity contribution < 1.29 is 10.0 Å². The number of carbonyl (C=O) groups is 1. The summed E-state index contributed by atoms with van der Waals surface area (Å²) in [5.41, 5.74) is 5.18. The number of hydrogen-bond acceptors (Lipinski definition) is 4. The first-order valence-corrected chi connectivity index (χ1v) is 4.99. The van der Waals surface area contributed by atoms with Crippen molar-refractivity contribution in [2.45, 2.75) is 6.92 Å². The van der Waals surface area contributed by atoms with Gasteiger partial charge in [0, 0.05) is 18.5 Å². The first-order valence-electron chi connectivity index (χ1n) is 4.99. The van der Waals surface area contributed by atoms with Crippen LogP contribution >= 0.6 is 0 Å². The van der Waals surface area contributed by atoms with E-state index in [1.165, 1.54) is 18.2 Å². The van der Waals surface area contributed by atoms with E-state index in [2.05, 4.69) is 15.5 Å². The number of hydrogen-bond donors (Lipinski definition) is 4. The molecule has 0 aliphatic carbocycles. The lowest BCUT2D eigenvalue weighted by Gasteiger charge is -2.10. The predicted molar refractivity (Wildman–Crippen MR) is 62.0 cm³/mol. The number of nitrogens with zero attached hydrogens (tertiary/aromatic N) is 1. The molecule has 0 spiro atoms. The van der Waals surface area contributed by atoms with Crippen LogP contribution in [0.2, 0.25) is 0 Å². The van der Waals surface area contributed by atoms with Crippen molar-refractivity contribution in [3.8, 4) is 0 Å². The van der Waals surface area contributed by atoms with E-state index in [0.29, 0.717) is 0 Å². The van der Waals surface area contributed by atoms with Crippen LogP contribution in [0.1, 0.15) is 17.4 Å². The van der Waals surface area contributed by atoms with Crippen LogP contribution in [0.15, 0.2) is 28.1 Å². The molecule has 0 aliphatic heterocycles. The number of amides is 1. The fourth-order valence-electron chi connectivity index (χ4n) is 1.12. The van der Waals surface area contributed by atoms with Crippen molar-refractivity contribution in [1.29, 1.82) is 0 Å². The number of aromatic amines is 1. The Labute approximate surface area is 97.3 Å². The Morgan fingerprint density at radius 3 is 2.94 bits per heavy atom. The van der Waals surface area contributed by atoms with E-state index >= 15 is 0 Å². The smallest absolute Gasteiger partial charge is 0.267 e. The molecule has 5 N–H and O–H groups in total. The number of nitrogens with one attached hydrogen (secondary N) is 2. The van der Waals surface area contributed by atoms with Crippen molar-refractivity contribution in [2.75, 3.05) is 6.54 Å². The number of amidine groups is 1. The standard InChI is InChI=1S/C10H14N4O3/c1-6(9(11)14-17)5-12-10(16)7-3-2-4-8(15)13-7/h2-4,6,17H,5H2,1H3,(H2,11,14)(H,12,16)(H,13,15). The highest BCUT2D eigenvalue weighted by molar-refractivity contribution is 5.92. The van der Waals surface area contributed by atoms with Gasteiger partial charge in [-0.3, -0.25) is 9.59 Å². The highest BCUT2D eigenvalue weighted by Gasteiger charge is 2.11. The van der Waals surface area contributed by atoms with Crippen molar-refractivity contribution in [1.82, 2.24) is 10.3 Å². The van der Waals surface area contributed by atoms with Crippen molar-refractivity contribution in [3.05, 3.63) is 34.2 Å².